The zero-order valence-corrected chi connectivity index (χ0v) is 11.2. The number of rotatable bonds is 2. The van der Waals surface area contributed by atoms with Crippen LogP contribution in [0.15, 0.2) is 42.7 Å². The molecule has 0 aliphatic carbocycles. The van der Waals surface area contributed by atoms with Gasteiger partial charge in [-0.1, -0.05) is 12.1 Å². The monoisotopic (exact) mass is 251 g/mol. The lowest BCUT2D eigenvalue weighted by Gasteiger charge is -2.02. The molecule has 96 valence electrons. The van der Waals surface area contributed by atoms with Crippen LogP contribution in [0.5, 0.6) is 0 Å². The van der Waals surface area contributed by atoms with Crippen molar-refractivity contribution in [1.29, 1.82) is 0 Å². The van der Waals surface area contributed by atoms with E-state index < -0.39 is 0 Å². The summed E-state index contributed by atoms with van der Waals surface area (Å²) in [6.07, 6.45) is 3.96. The summed E-state index contributed by atoms with van der Waals surface area (Å²) in [5.41, 5.74) is 11.4. The van der Waals surface area contributed by atoms with E-state index in [0.29, 0.717) is 6.54 Å². The molecule has 0 aliphatic rings. The Balaban J connectivity index is 2.25. The van der Waals surface area contributed by atoms with Crippen molar-refractivity contribution in [2.75, 3.05) is 0 Å². The van der Waals surface area contributed by atoms with Crippen LogP contribution in [0.3, 0.4) is 0 Å². The molecule has 3 rings (SSSR count). The smallest absolute Gasteiger partial charge is 0.0726 e. The van der Waals surface area contributed by atoms with Gasteiger partial charge in [0.15, 0.2) is 0 Å². The molecule has 3 nitrogen and oxygen atoms in total. The molecule has 0 fully saturated rings. The van der Waals surface area contributed by atoms with Crippen molar-refractivity contribution in [3.05, 3.63) is 53.9 Å². The largest absolute Gasteiger partial charge is 0.350 e. The third-order valence-electron chi connectivity index (χ3n) is 3.48. The molecule has 0 saturated heterocycles. The van der Waals surface area contributed by atoms with Crippen molar-refractivity contribution in [3.63, 3.8) is 0 Å². The van der Waals surface area contributed by atoms with E-state index in [1.54, 1.807) is 0 Å². The summed E-state index contributed by atoms with van der Waals surface area (Å²) in [6, 6.07) is 10.5. The zero-order valence-electron chi connectivity index (χ0n) is 11.2. The Morgan fingerprint density at radius 3 is 2.84 bits per heavy atom. The number of hydrogen-bond donors (Lipinski definition) is 1. The molecule has 0 bridgehead atoms. The minimum atomic E-state index is 0.541. The van der Waals surface area contributed by atoms with E-state index in [0.717, 1.165) is 16.8 Å². The first kappa shape index (κ1) is 11.9. The summed E-state index contributed by atoms with van der Waals surface area (Å²) in [5, 5.41) is 1.23. The summed E-state index contributed by atoms with van der Waals surface area (Å²) in [7, 11) is 2.07. The second-order valence-corrected chi connectivity index (χ2v) is 4.93. The molecule has 19 heavy (non-hydrogen) atoms. The van der Waals surface area contributed by atoms with Crippen LogP contribution in [0.25, 0.3) is 22.2 Å². The van der Waals surface area contributed by atoms with Gasteiger partial charge in [0.05, 0.1) is 5.69 Å². The molecular weight excluding hydrogens is 234 g/mol. The molecule has 1 aromatic carbocycles. The number of hydrogen-bond acceptors (Lipinski definition) is 2. The first-order valence-corrected chi connectivity index (χ1v) is 6.40. The van der Waals surface area contributed by atoms with Gasteiger partial charge in [-0.15, -0.1) is 0 Å². The van der Waals surface area contributed by atoms with Gasteiger partial charge >= 0.3 is 0 Å². The van der Waals surface area contributed by atoms with E-state index >= 15 is 0 Å². The predicted molar refractivity (Wildman–Crippen MR) is 78.8 cm³/mol. The van der Waals surface area contributed by atoms with Crippen LogP contribution in [0, 0.1) is 6.92 Å². The molecule has 0 unspecified atom stereocenters. The molecule has 3 aromatic rings. The van der Waals surface area contributed by atoms with Crippen LogP contribution in [-0.4, -0.2) is 9.55 Å². The van der Waals surface area contributed by atoms with Gasteiger partial charge in [0.25, 0.3) is 0 Å². The van der Waals surface area contributed by atoms with Gasteiger partial charge in [-0.2, -0.15) is 0 Å². The maximum Gasteiger partial charge on any atom is 0.0726 e. The summed E-state index contributed by atoms with van der Waals surface area (Å²) in [6.45, 7) is 2.65. The summed E-state index contributed by atoms with van der Waals surface area (Å²) in [4.78, 5) is 4.47. The van der Waals surface area contributed by atoms with Gasteiger partial charge < -0.3 is 10.3 Å². The van der Waals surface area contributed by atoms with Gasteiger partial charge in [-0.3, -0.25) is 4.98 Å². The molecule has 2 heterocycles. The number of pyridine rings is 1. The maximum absolute atomic E-state index is 5.70. The summed E-state index contributed by atoms with van der Waals surface area (Å²) < 4.78 is 2.15. The minimum Gasteiger partial charge on any atom is -0.350 e. The average Bonchev–Trinajstić information content (AvgIpc) is 2.76. The Hall–Kier alpha value is -2.13. The number of aromatic nitrogens is 2. The fourth-order valence-corrected chi connectivity index (χ4v) is 2.45. The van der Waals surface area contributed by atoms with Crippen LogP contribution in [0.2, 0.25) is 0 Å². The van der Waals surface area contributed by atoms with Gasteiger partial charge in [0.2, 0.25) is 0 Å². The fourth-order valence-electron chi connectivity index (χ4n) is 2.45. The lowest BCUT2D eigenvalue weighted by molar-refractivity contribution is 0.968. The van der Waals surface area contributed by atoms with E-state index in [-0.39, 0.29) is 0 Å². The number of nitrogens with zero attached hydrogens (tertiary/aromatic N) is 2. The van der Waals surface area contributed by atoms with Crippen molar-refractivity contribution in [2.24, 2.45) is 12.8 Å². The molecule has 0 atom stereocenters. The number of nitrogens with two attached hydrogens (primary N) is 1. The zero-order chi connectivity index (χ0) is 13.4. The van der Waals surface area contributed by atoms with Crippen molar-refractivity contribution < 1.29 is 0 Å². The quantitative estimate of drug-likeness (QED) is 0.761. The van der Waals surface area contributed by atoms with Crippen molar-refractivity contribution in [2.45, 2.75) is 13.5 Å². The van der Waals surface area contributed by atoms with E-state index in [2.05, 4.69) is 54.0 Å². The third kappa shape index (κ3) is 2.02. The first-order chi connectivity index (χ1) is 9.19. The minimum absolute atomic E-state index is 0.541. The molecule has 0 aliphatic heterocycles. The Kier molecular flexibility index (Phi) is 2.84. The average molecular weight is 251 g/mol. The molecule has 0 saturated carbocycles. The summed E-state index contributed by atoms with van der Waals surface area (Å²) in [5.74, 6) is 0. The number of fused-ring (bicyclic) bond motifs is 1. The first-order valence-electron chi connectivity index (χ1n) is 6.40. The van der Waals surface area contributed by atoms with Gasteiger partial charge in [-0.25, -0.2) is 0 Å². The maximum atomic E-state index is 5.70. The SMILES string of the molecule is Cc1ccc2c(-c3cc(CN)ccn3)cn(C)c2c1. The lowest BCUT2D eigenvalue weighted by Crippen LogP contribution is -1.96. The molecule has 3 heteroatoms. The lowest BCUT2D eigenvalue weighted by atomic mass is 10.1. The van der Waals surface area contributed by atoms with Crippen LogP contribution in [-0.2, 0) is 13.6 Å². The third-order valence-corrected chi connectivity index (χ3v) is 3.48. The van der Waals surface area contributed by atoms with Gasteiger partial charge in [-0.05, 0) is 36.2 Å². The molecule has 2 aromatic heterocycles. The Labute approximate surface area is 112 Å². The van der Waals surface area contributed by atoms with Crippen LogP contribution in [0.4, 0.5) is 0 Å². The topological polar surface area (TPSA) is 43.8 Å². The Morgan fingerprint density at radius 1 is 1.21 bits per heavy atom. The highest BCUT2D eigenvalue weighted by Gasteiger charge is 2.10. The van der Waals surface area contributed by atoms with E-state index in [1.807, 2.05) is 12.3 Å². The Bertz CT molecular complexity index is 741. The second-order valence-electron chi connectivity index (χ2n) is 4.93. The highest BCUT2D eigenvalue weighted by Crippen LogP contribution is 2.29. The van der Waals surface area contributed by atoms with Crippen LogP contribution < -0.4 is 5.73 Å². The highest BCUT2D eigenvalue weighted by molar-refractivity contribution is 5.95. The van der Waals surface area contributed by atoms with Crippen LogP contribution >= 0.6 is 0 Å². The van der Waals surface area contributed by atoms with E-state index in [9.17, 15) is 0 Å². The molecule has 2 N–H and O–H groups in total. The Morgan fingerprint density at radius 2 is 2.05 bits per heavy atom. The van der Waals surface area contributed by atoms with Crippen molar-refractivity contribution >= 4 is 10.9 Å². The van der Waals surface area contributed by atoms with E-state index in [1.165, 1.54) is 16.5 Å². The molecular formula is C16H17N3. The number of aryl methyl sites for hydroxylation is 2. The van der Waals surface area contributed by atoms with Crippen molar-refractivity contribution in [1.82, 2.24) is 9.55 Å². The fraction of sp³-hybridized carbons (Fsp3) is 0.188. The normalized spacial score (nSPS) is 11.1. The molecule has 0 radical (unpaired) electrons. The number of benzene rings is 1. The second kappa shape index (κ2) is 4.52. The van der Waals surface area contributed by atoms with E-state index in [4.69, 9.17) is 5.73 Å². The van der Waals surface area contributed by atoms with Gasteiger partial charge in [0.1, 0.15) is 0 Å². The standard InChI is InChI=1S/C16H17N3/c1-11-3-4-13-14(10-19(2)16(13)7-11)15-8-12(9-17)5-6-18-15/h3-8,10H,9,17H2,1-2H3. The van der Waals surface area contributed by atoms with Gasteiger partial charge in [0, 0.05) is 42.5 Å². The van der Waals surface area contributed by atoms with Crippen LogP contribution in [0.1, 0.15) is 11.1 Å². The van der Waals surface area contributed by atoms with Crippen molar-refractivity contribution in [3.8, 4) is 11.3 Å². The summed E-state index contributed by atoms with van der Waals surface area (Å²) >= 11 is 0. The molecule has 0 amide bonds. The molecule has 0 spiro atoms. The predicted octanol–water partition coefficient (Wildman–Crippen LogP) is 3.01. The highest BCUT2D eigenvalue weighted by atomic mass is 14.9.